The Hall–Kier alpha value is -2.51. The van der Waals surface area contributed by atoms with Crippen LogP contribution in [0.2, 0.25) is 0 Å². The number of hydrogen-bond donors (Lipinski definition) is 0. The van der Waals surface area contributed by atoms with Crippen LogP contribution in [0.5, 0.6) is 0 Å². The second kappa shape index (κ2) is 5.86. The van der Waals surface area contributed by atoms with Crippen molar-refractivity contribution in [1.29, 1.82) is 5.26 Å². The SMILES string of the molecule is N#Cc1nc(-c2ccccn2)ccc1-c1ccc(Br)cc1. The number of halogens is 1. The normalized spacial score (nSPS) is 10.1. The van der Waals surface area contributed by atoms with Crippen molar-refractivity contribution in [3.8, 4) is 28.6 Å². The number of hydrogen-bond acceptors (Lipinski definition) is 3. The van der Waals surface area contributed by atoms with E-state index >= 15 is 0 Å². The lowest BCUT2D eigenvalue weighted by Crippen LogP contribution is -1.93. The second-order valence-corrected chi connectivity index (χ2v) is 5.34. The van der Waals surface area contributed by atoms with Gasteiger partial charge in [0.15, 0.2) is 0 Å². The maximum Gasteiger partial charge on any atom is 0.149 e. The molecule has 0 radical (unpaired) electrons. The first-order valence-corrected chi connectivity index (χ1v) is 7.16. The molecule has 0 aliphatic carbocycles. The fourth-order valence-electron chi connectivity index (χ4n) is 2.06. The van der Waals surface area contributed by atoms with Crippen molar-refractivity contribution >= 4 is 15.9 Å². The molecule has 3 aromatic rings. The molecule has 0 saturated heterocycles. The largest absolute Gasteiger partial charge is 0.255 e. The van der Waals surface area contributed by atoms with E-state index in [2.05, 4.69) is 32.0 Å². The molecular weight excluding hydrogens is 326 g/mol. The third-order valence-electron chi connectivity index (χ3n) is 3.08. The van der Waals surface area contributed by atoms with Gasteiger partial charge in [-0.2, -0.15) is 5.26 Å². The van der Waals surface area contributed by atoms with Crippen LogP contribution in [-0.4, -0.2) is 9.97 Å². The van der Waals surface area contributed by atoms with Crippen LogP contribution in [0.4, 0.5) is 0 Å². The van der Waals surface area contributed by atoms with Crippen LogP contribution in [0.1, 0.15) is 5.69 Å². The Bertz CT molecular complexity index is 806. The summed E-state index contributed by atoms with van der Waals surface area (Å²) in [5.74, 6) is 0. The highest BCUT2D eigenvalue weighted by Crippen LogP contribution is 2.26. The highest BCUT2D eigenvalue weighted by Gasteiger charge is 2.09. The van der Waals surface area contributed by atoms with Crippen LogP contribution in [-0.2, 0) is 0 Å². The molecule has 4 heteroatoms. The third-order valence-corrected chi connectivity index (χ3v) is 3.61. The summed E-state index contributed by atoms with van der Waals surface area (Å²) < 4.78 is 1.00. The number of nitrogens with zero attached hydrogens (tertiary/aromatic N) is 3. The van der Waals surface area contributed by atoms with Crippen molar-refractivity contribution in [2.75, 3.05) is 0 Å². The Kier molecular flexibility index (Phi) is 3.76. The first-order valence-electron chi connectivity index (χ1n) is 6.36. The summed E-state index contributed by atoms with van der Waals surface area (Å²) >= 11 is 3.41. The van der Waals surface area contributed by atoms with Crippen molar-refractivity contribution in [2.24, 2.45) is 0 Å². The molecule has 0 bridgehead atoms. The van der Waals surface area contributed by atoms with Crippen LogP contribution in [0.15, 0.2) is 65.3 Å². The molecule has 0 saturated carbocycles. The van der Waals surface area contributed by atoms with Gasteiger partial charge < -0.3 is 0 Å². The minimum Gasteiger partial charge on any atom is -0.255 e. The Morgan fingerprint density at radius 2 is 1.71 bits per heavy atom. The molecule has 21 heavy (non-hydrogen) atoms. The zero-order valence-corrected chi connectivity index (χ0v) is 12.6. The van der Waals surface area contributed by atoms with E-state index in [4.69, 9.17) is 0 Å². The van der Waals surface area contributed by atoms with E-state index in [1.165, 1.54) is 0 Å². The molecule has 3 nitrogen and oxygen atoms in total. The van der Waals surface area contributed by atoms with Gasteiger partial charge >= 0.3 is 0 Å². The van der Waals surface area contributed by atoms with E-state index in [1.54, 1.807) is 6.20 Å². The zero-order valence-electron chi connectivity index (χ0n) is 11.0. The van der Waals surface area contributed by atoms with Gasteiger partial charge in [-0.05, 0) is 42.0 Å². The molecule has 1 aromatic carbocycles. The van der Waals surface area contributed by atoms with Crippen molar-refractivity contribution < 1.29 is 0 Å². The van der Waals surface area contributed by atoms with Crippen molar-refractivity contribution in [2.45, 2.75) is 0 Å². The minimum atomic E-state index is 0.403. The summed E-state index contributed by atoms with van der Waals surface area (Å²) in [6, 6.07) is 19.4. The molecule has 0 aliphatic rings. The van der Waals surface area contributed by atoms with Gasteiger partial charge in [0.05, 0.1) is 11.4 Å². The van der Waals surface area contributed by atoms with Gasteiger partial charge in [-0.15, -0.1) is 0 Å². The van der Waals surface area contributed by atoms with E-state index in [0.717, 1.165) is 21.3 Å². The molecule has 0 aliphatic heterocycles. The lowest BCUT2D eigenvalue weighted by atomic mass is 10.0. The van der Waals surface area contributed by atoms with Crippen LogP contribution in [0.25, 0.3) is 22.5 Å². The number of nitriles is 1. The van der Waals surface area contributed by atoms with Gasteiger partial charge in [-0.25, -0.2) is 4.98 Å². The molecule has 0 unspecified atom stereocenters. The summed E-state index contributed by atoms with van der Waals surface area (Å²) in [6.45, 7) is 0. The summed E-state index contributed by atoms with van der Waals surface area (Å²) in [5, 5.41) is 9.36. The highest BCUT2D eigenvalue weighted by molar-refractivity contribution is 9.10. The van der Waals surface area contributed by atoms with Gasteiger partial charge in [0, 0.05) is 16.2 Å². The maximum absolute atomic E-state index is 9.36. The predicted molar refractivity (Wildman–Crippen MR) is 85.3 cm³/mol. The molecule has 0 N–H and O–H groups in total. The monoisotopic (exact) mass is 335 g/mol. The molecule has 0 fully saturated rings. The molecule has 0 amide bonds. The smallest absolute Gasteiger partial charge is 0.149 e. The first kappa shape index (κ1) is 13.5. The van der Waals surface area contributed by atoms with Gasteiger partial charge in [-0.1, -0.05) is 34.1 Å². The summed E-state index contributed by atoms with van der Waals surface area (Å²) in [6.07, 6.45) is 1.71. The summed E-state index contributed by atoms with van der Waals surface area (Å²) in [4.78, 5) is 8.69. The Morgan fingerprint density at radius 3 is 2.38 bits per heavy atom. The summed E-state index contributed by atoms with van der Waals surface area (Å²) in [5.41, 5.74) is 3.66. The fourth-order valence-corrected chi connectivity index (χ4v) is 2.33. The van der Waals surface area contributed by atoms with Crippen molar-refractivity contribution in [1.82, 2.24) is 9.97 Å². The lowest BCUT2D eigenvalue weighted by molar-refractivity contribution is 1.22. The molecule has 100 valence electrons. The molecule has 2 aromatic heterocycles. The van der Waals surface area contributed by atoms with Crippen LogP contribution < -0.4 is 0 Å². The standard InChI is InChI=1S/C17H10BrN3/c18-13-6-4-12(5-7-13)14-8-9-16(21-17(14)11-19)15-3-1-2-10-20-15/h1-10H. The van der Waals surface area contributed by atoms with Gasteiger partial charge in [0.2, 0.25) is 0 Å². The van der Waals surface area contributed by atoms with Gasteiger partial charge in [0.25, 0.3) is 0 Å². The van der Waals surface area contributed by atoms with E-state index in [1.807, 2.05) is 54.6 Å². The van der Waals surface area contributed by atoms with Crippen LogP contribution >= 0.6 is 15.9 Å². The summed E-state index contributed by atoms with van der Waals surface area (Å²) in [7, 11) is 0. The maximum atomic E-state index is 9.36. The van der Waals surface area contributed by atoms with E-state index in [9.17, 15) is 5.26 Å². The number of rotatable bonds is 2. The van der Waals surface area contributed by atoms with Crippen molar-refractivity contribution in [3.63, 3.8) is 0 Å². The first-order chi connectivity index (χ1) is 10.3. The number of benzene rings is 1. The zero-order chi connectivity index (χ0) is 14.7. The third kappa shape index (κ3) is 2.83. The van der Waals surface area contributed by atoms with Gasteiger partial charge in [-0.3, -0.25) is 4.98 Å². The fraction of sp³-hybridized carbons (Fsp3) is 0. The highest BCUT2D eigenvalue weighted by atomic mass is 79.9. The number of aromatic nitrogens is 2. The quantitative estimate of drug-likeness (QED) is 0.695. The Balaban J connectivity index is 2.08. The molecule has 2 heterocycles. The van der Waals surface area contributed by atoms with Crippen LogP contribution in [0.3, 0.4) is 0 Å². The lowest BCUT2D eigenvalue weighted by Gasteiger charge is -2.06. The van der Waals surface area contributed by atoms with E-state index in [-0.39, 0.29) is 0 Å². The molecular formula is C17H10BrN3. The topological polar surface area (TPSA) is 49.6 Å². The van der Waals surface area contributed by atoms with E-state index < -0.39 is 0 Å². The van der Waals surface area contributed by atoms with Crippen LogP contribution in [0, 0.1) is 11.3 Å². The Labute approximate surface area is 131 Å². The molecule has 0 atom stereocenters. The average Bonchev–Trinajstić information content (AvgIpc) is 2.56. The minimum absolute atomic E-state index is 0.403. The predicted octanol–water partition coefficient (Wildman–Crippen LogP) is 4.44. The van der Waals surface area contributed by atoms with E-state index in [0.29, 0.717) is 11.4 Å². The van der Waals surface area contributed by atoms with Crippen molar-refractivity contribution in [3.05, 3.63) is 71.0 Å². The van der Waals surface area contributed by atoms with Gasteiger partial charge in [0.1, 0.15) is 11.8 Å². The number of pyridine rings is 2. The molecule has 0 spiro atoms. The second-order valence-electron chi connectivity index (χ2n) is 4.43. The molecule has 3 rings (SSSR count). The Morgan fingerprint density at radius 1 is 0.905 bits per heavy atom. The average molecular weight is 336 g/mol.